The second-order valence-electron chi connectivity index (χ2n) is 23.5. The van der Waals surface area contributed by atoms with E-state index < -0.39 is 0 Å². The van der Waals surface area contributed by atoms with E-state index >= 15 is 0 Å². The Kier molecular flexibility index (Phi) is 11.7. The molecule has 89 heavy (non-hydrogen) atoms. The lowest BCUT2D eigenvalue weighted by Gasteiger charge is -2.46. The SMILES string of the molecule is c1ccc(-c2cc3c4c(c2)N(c2c(-c5ccccc5)cccc2-c2ccccc2)c2c(ccc5c2c2ccccc2n5-c2ccccc2)B4c2ccc(-n4c5ccccc5c5ccccc54)cc2N3c2c(-c3ccccc3)cccc2-c2ccccc2)cc1. The van der Waals surface area contributed by atoms with Crippen molar-refractivity contribution in [2.75, 3.05) is 9.80 Å². The lowest BCUT2D eigenvalue weighted by Crippen LogP contribution is -2.61. The van der Waals surface area contributed by atoms with Crippen LogP contribution in [0.25, 0.3) is 111 Å². The Bertz CT molecular complexity index is 5260. The second-order valence-corrected chi connectivity index (χ2v) is 23.5. The van der Waals surface area contributed by atoms with Crippen molar-refractivity contribution in [2.45, 2.75) is 0 Å². The first kappa shape index (κ1) is 50.6. The molecule has 4 nitrogen and oxygen atoms in total. The van der Waals surface area contributed by atoms with E-state index in [0.29, 0.717) is 0 Å². The van der Waals surface area contributed by atoms with Crippen LogP contribution in [0.5, 0.6) is 0 Å². The average molecular weight is 1130 g/mol. The van der Waals surface area contributed by atoms with E-state index in [1.54, 1.807) is 0 Å². The molecule has 0 fully saturated rings. The molecular formula is C84H55BN4. The molecule has 0 saturated heterocycles. The number of nitrogens with zero attached hydrogens (tertiary/aromatic N) is 4. The van der Waals surface area contributed by atoms with Crippen LogP contribution < -0.4 is 26.2 Å². The molecule has 0 saturated carbocycles. The monoisotopic (exact) mass is 1130 g/mol. The van der Waals surface area contributed by atoms with Crippen LogP contribution in [0.3, 0.4) is 0 Å². The Morgan fingerprint density at radius 1 is 0.225 bits per heavy atom. The van der Waals surface area contributed by atoms with E-state index in [4.69, 9.17) is 0 Å². The van der Waals surface area contributed by atoms with Crippen molar-refractivity contribution < 1.29 is 0 Å². The summed E-state index contributed by atoms with van der Waals surface area (Å²) < 4.78 is 4.96. The zero-order valence-electron chi connectivity index (χ0n) is 48.6. The Hall–Kier alpha value is -11.7. The standard InChI is InChI=1S/C84H55BN4/c1-7-27-56(28-8-1)61-53-78-81-79(54-61)89(83-66(59-33-13-4-14-34-59)44-26-45-67(83)60-35-15-5-16-36-60)84-72(51-52-76-80(84)70-41-21-24-48-75(70)86(76)62-37-17-6-18-38-62)85(81)71-50-49-63(87-73-46-22-19-39-68(73)69-40-20-23-47-74(69)87)55-77(71)88(78)82-64(57-29-9-2-10-30-57)42-25-43-65(82)58-31-11-3-12-32-58/h1-55H. The smallest absolute Gasteiger partial charge is 0.252 e. The molecule has 14 aromatic carbocycles. The van der Waals surface area contributed by atoms with Crippen molar-refractivity contribution in [2.24, 2.45) is 0 Å². The van der Waals surface area contributed by atoms with Crippen LogP contribution in [0.15, 0.2) is 334 Å². The van der Waals surface area contributed by atoms with E-state index in [0.717, 1.165) is 106 Å². The first-order chi connectivity index (χ1) is 44.2. The fourth-order valence-corrected chi connectivity index (χ4v) is 15.0. The van der Waals surface area contributed by atoms with Crippen LogP contribution in [-0.4, -0.2) is 15.8 Å². The predicted octanol–water partition coefficient (Wildman–Crippen LogP) is 20.3. The quantitative estimate of drug-likeness (QED) is 0.134. The maximum atomic E-state index is 2.71. The van der Waals surface area contributed by atoms with Crippen molar-refractivity contribution in [1.29, 1.82) is 0 Å². The molecule has 2 aliphatic rings. The lowest BCUT2D eigenvalue weighted by molar-refractivity contribution is 1.17. The van der Waals surface area contributed by atoms with Gasteiger partial charge in [-0.1, -0.05) is 273 Å². The fourth-order valence-electron chi connectivity index (χ4n) is 15.0. The second kappa shape index (κ2) is 20.5. The van der Waals surface area contributed by atoms with Gasteiger partial charge in [-0.2, -0.15) is 0 Å². The van der Waals surface area contributed by atoms with Crippen molar-refractivity contribution in [3.05, 3.63) is 334 Å². The topological polar surface area (TPSA) is 16.3 Å². The molecule has 0 aliphatic carbocycles. The molecule has 0 unspecified atom stereocenters. The summed E-state index contributed by atoms with van der Waals surface area (Å²) in [4.78, 5) is 5.38. The van der Waals surface area contributed by atoms with Crippen molar-refractivity contribution in [1.82, 2.24) is 9.13 Å². The summed E-state index contributed by atoms with van der Waals surface area (Å²) in [6.45, 7) is -0.231. The molecule has 0 bridgehead atoms. The first-order valence-electron chi connectivity index (χ1n) is 30.8. The summed E-state index contributed by atoms with van der Waals surface area (Å²) in [5, 5.41) is 4.85. The molecule has 0 amide bonds. The van der Waals surface area contributed by atoms with E-state index in [2.05, 4.69) is 353 Å². The molecular weight excluding hydrogens is 1080 g/mol. The zero-order chi connectivity index (χ0) is 58.5. The number of benzene rings is 14. The summed E-state index contributed by atoms with van der Waals surface area (Å²) in [5.74, 6) is 0. The molecule has 414 valence electrons. The number of fused-ring (bicyclic) bond motifs is 11. The van der Waals surface area contributed by atoms with Gasteiger partial charge >= 0.3 is 0 Å². The highest BCUT2D eigenvalue weighted by atomic mass is 15.2. The van der Waals surface area contributed by atoms with Gasteiger partial charge in [-0.25, -0.2) is 0 Å². The summed E-state index contributed by atoms with van der Waals surface area (Å²) in [7, 11) is 0. The van der Waals surface area contributed by atoms with Crippen molar-refractivity contribution in [3.63, 3.8) is 0 Å². The maximum absolute atomic E-state index is 2.71. The minimum absolute atomic E-state index is 0.231. The van der Waals surface area contributed by atoms with Gasteiger partial charge in [-0.05, 0) is 110 Å². The zero-order valence-corrected chi connectivity index (χ0v) is 48.6. The fraction of sp³-hybridized carbons (Fsp3) is 0. The molecule has 4 heterocycles. The third-order valence-corrected chi connectivity index (χ3v) is 18.7. The van der Waals surface area contributed by atoms with Gasteiger partial charge in [0.05, 0.1) is 39.1 Å². The van der Waals surface area contributed by atoms with Crippen LogP contribution >= 0.6 is 0 Å². The number of hydrogen-bond acceptors (Lipinski definition) is 2. The molecule has 0 spiro atoms. The van der Waals surface area contributed by atoms with E-state index in [1.165, 1.54) is 54.7 Å². The third kappa shape index (κ3) is 7.88. The number of rotatable bonds is 9. The third-order valence-electron chi connectivity index (χ3n) is 18.7. The molecule has 0 N–H and O–H groups in total. The van der Waals surface area contributed by atoms with Gasteiger partial charge in [0.15, 0.2) is 0 Å². The molecule has 2 aliphatic heterocycles. The lowest BCUT2D eigenvalue weighted by atomic mass is 9.33. The molecule has 0 atom stereocenters. The molecule has 0 radical (unpaired) electrons. The summed E-state index contributed by atoms with van der Waals surface area (Å²) in [5.41, 5.74) is 28.7. The Labute approximate surface area is 517 Å². The highest BCUT2D eigenvalue weighted by Crippen LogP contribution is 2.55. The van der Waals surface area contributed by atoms with Crippen LogP contribution in [0.1, 0.15) is 0 Å². The van der Waals surface area contributed by atoms with E-state index in [-0.39, 0.29) is 6.71 Å². The molecule has 18 rings (SSSR count). The molecule has 5 heteroatoms. The van der Waals surface area contributed by atoms with Gasteiger partial charge in [0.25, 0.3) is 6.71 Å². The Morgan fingerprint density at radius 2 is 0.618 bits per heavy atom. The van der Waals surface area contributed by atoms with Crippen LogP contribution in [-0.2, 0) is 0 Å². The van der Waals surface area contributed by atoms with Gasteiger partial charge in [0, 0.05) is 72.2 Å². The predicted molar refractivity (Wildman–Crippen MR) is 376 cm³/mol. The van der Waals surface area contributed by atoms with E-state index in [9.17, 15) is 0 Å². The number of hydrogen-bond donors (Lipinski definition) is 0. The van der Waals surface area contributed by atoms with Crippen LogP contribution in [0.2, 0.25) is 0 Å². The van der Waals surface area contributed by atoms with Crippen LogP contribution in [0.4, 0.5) is 34.1 Å². The Balaban J connectivity index is 1.05. The summed E-state index contributed by atoms with van der Waals surface area (Å²) >= 11 is 0. The Morgan fingerprint density at radius 3 is 1.12 bits per heavy atom. The molecule has 2 aromatic heterocycles. The average Bonchev–Trinajstić information content (AvgIpc) is 1.62. The minimum Gasteiger partial charge on any atom is -0.310 e. The van der Waals surface area contributed by atoms with Gasteiger partial charge in [0.1, 0.15) is 0 Å². The van der Waals surface area contributed by atoms with Crippen molar-refractivity contribution in [3.8, 4) is 67.0 Å². The summed E-state index contributed by atoms with van der Waals surface area (Å²) in [6.07, 6.45) is 0. The van der Waals surface area contributed by atoms with Gasteiger partial charge < -0.3 is 18.9 Å². The highest BCUT2D eigenvalue weighted by Gasteiger charge is 2.46. The van der Waals surface area contributed by atoms with Crippen molar-refractivity contribution >= 4 is 101 Å². The van der Waals surface area contributed by atoms with Crippen LogP contribution in [0, 0.1) is 0 Å². The largest absolute Gasteiger partial charge is 0.310 e. The molecule has 16 aromatic rings. The normalized spacial score (nSPS) is 12.4. The number of aromatic nitrogens is 2. The van der Waals surface area contributed by atoms with Gasteiger partial charge in [-0.3, -0.25) is 0 Å². The number of anilines is 6. The minimum atomic E-state index is -0.231. The van der Waals surface area contributed by atoms with Gasteiger partial charge in [-0.15, -0.1) is 0 Å². The van der Waals surface area contributed by atoms with E-state index in [1.807, 2.05) is 0 Å². The number of para-hydroxylation sites is 6. The maximum Gasteiger partial charge on any atom is 0.252 e. The highest BCUT2D eigenvalue weighted by molar-refractivity contribution is 7.00. The van der Waals surface area contributed by atoms with Gasteiger partial charge in [0.2, 0.25) is 0 Å². The summed E-state index contributed by atoms with van der Waals surface area (Å²) in [6, 6.07) is 124. The first-order valence-corrected chi connectivity index (χ1v) is 30.8.